The highest BCUT2D eigenvalue weighted by Crippen LogP contribution is 2.23. The smallest absolute Gasteiger partial charge is 0.0821 e. The van der Waals surface area contributed by atoms with Crippen molar-refractivity contribution in [3.8, 4) is 0 Å². The average Bonchev–Trinajstić information content (AvgIpc) is 2.45. The molecule has 19 heavy (non-hydrogen) atoms. The molecule has 0 atom stereocenters. The van der Waals surface area contributed by atoms with Crippen molar-refractivity contribution in [1.82, 2.24) is 15.2 Å². The molecule has 3 rings (SSSR count). The van der Waals surface area contributed by atoms with Gasteiger partial charge in [-0.1, -0.05) is 18.2 Å². The molecule has 0 aliphatic heterocycles. The van der Waals surface area contributed by atoms with Gasteiger partial charge in [0.2, 0.25) is 0 Å². The van der Waals surface area contributed by atoms with Gasteiger partial charge in [0.25, 0.3) is 0 Å². The van der Waals surface area contributed by atoms with E-state index in [1.807, 2.05) is 37.3 Å². The normalized spacial score (nSPS) is 10.6. The molecule has 0 aliphatic rings. The van der Waals surface area contributed by atoms with E-state index in [0.717, 1.165) is 28.0 Å². The van der Waals surface area contributed by atoms with Gasteiger partial charge in [0, 0.05) is 23.0 Å². The summed E-state index contributed by atoms with van der Waals surface area (Å²) in [6.45, 7) is 2.65. The molecule has 2 aromatic heterocycles. The molecule has 2 heterocycles. The van der Waals surface area contributed by atoms with E-state index in [-0.39, 0.29) is 0 Å². The van der Waals surface area contributed by atoms with Gasteiger partial charge in [-0.2, -0.15) is 10.2 Å². The first kappa shape index (κ1) is 11.6. The second kappa shape index (κ2) is 5.02. The number of aryl methyl sites for hydroxylation is 1. The summed E-state index contributed by atoms with van der Waals surface area (Å²) in [4.78, 5) is 4.52. The highest BCUT2D eigenvalue weighted by Gasteiger charge is 2.03. The van der Waals surface area contributed by atoms with Crippen LogP contribution < -0.4 is 5.32 Å². The first-order valence-corrected chi connectivity index (χ1v) is 6.20. The van der Waals surface area contributed by atoms with Crippen molar-refractivity contribution in [2.24, 2.45) is 0 Å². The zero-order valence-electron chi connectivity index (χ0n) is 10.7. The Morgan fingerprint density at radius 1 is 1.11 bits per heavy atom. The lowest BCUT2D eigenvalue weighted by molar-refractivity contribution is 0.925. The van der Waals surface area contributed by atoms with E-state index < -0.39 is 0 Å². The molecule has 0 amide bonds. The molecule has 3 aromatic rings. The number of nitrogens with zero attached hydrogens (tertiary/aromatic N) is 3. The molecule has 0 saturated heterocycles. The van der Waals surface area contributed by atoms with E-state index >= 15 is 0 Å². The topological polar surface area (TPSA) is 50.7 Å². The van der Waals surface area contributed by atoms with Gasteiger partial charge in [0.15, 0.2) is 0 Å². The van der Waals surface area contributed by atoms with Crippen LogP contribution in [0.3, 0.4) is 0 Å². The second-order valence-electron chi connectivity index (χ2n) is 4.40. The van der Waals surface area contributed by atoms with Gasteiger partial charge >= 0.3 is 0 Å². The number of fused-ring (bicyclic) bond motifs is 1. The number of aromatic nitrogens is 3. The third kappa shape index (κ3) is 2.52. The maximum atomic E-state index is 4.52. The average molecular weight is 250 g/mol. The van der Waals surface area contributed by atoms with Crippen LogP contribution in [0.25, 0.3) is 10.9 Å². The Kier molecular flexibility index (Phi) is 3.06. The number of hydrogen-bond donors (Lipinski definition) is 1. The molecule has 0 unspecified atom stereocenters. The minimum Gasteiger partial charge on any atom is -0.379 e. The number of hydrogen-bond acceptors (Lipinski definition) is 4. The van der Waals surface area contributed by atoms with Crippen molar-refractivity contribution in [3.63, 3.8) is 0 Å². The number of anilines is 1. The summed E-state index contributed by atoms with van der Waals surface area (Å²) in [5, 5.41) is 12.5. The summed E-state index contributed by atoms with van der Waals surface area (Å²) in [6.07, 6.45) is 1.68. The van der Waals surface area contributed by atoms with Gasteiger partial charge < -0.3 is 5.32 Å². The van der Waals surface area contributed by atoms with Crippen LogP contribution in [0, 0.1) is 6.92 Å². The van der Waals surface area contributed by atoms with Gasteiger partial charge in [0.1, 0.15) is 0 Å². The summed E-state index contributed by atoms with van der Waals surface area (Å²) in [5.41, 5.74) is 4.00. The Hall–Kier alpha value is -2.49. The fourth-order valence-electron chi connectivity index (χ4n) is 2.07. The minimum atomic E-state index is 0.654. The van der Waals surface area contributed by atoms with E-state index in [2.05, 4.69) is 32.6 Å². The van der Waals surface area contributed by atoms with Gasteiger partial charge in [-0.05, 0) is 31.2 Å². The van der Waals surface area contributed by atoms with Crippen molar-refractivity contribution in [2.75, 3.05) is 5.32 Å². The lowest BCUT2D eigenvalue weighted by Gasteiger charge is -2.10. The lowest BCUT2D eigenvalue weighted by atomic mass is 10.1. The van der Waals surface area contributed by atoms with Crippen LogP contribution in [0.15, 0.2) is 48.7 Å². The maximum Gasteiger partial charge on any atom is 0.0821 e. The molecule has 1 N–H and O–H groups in total. The molecule has 0 aliphatic carbocycles. The van der Waals surface area contributed by atoms with Crippen molar-refractivity contribution in [1.29, 1.82) is 0 Å². The Balaban J connectivity index is 1.92. The first-order valence-electron chi connectivity index (χ1n) is 6.20. The quantitative estimate of drug-likeness (QED) is 0.776. The molecule has 4 heteroatoms. The number of para-hydroxylation sites is 1. The minimum absolute atomic E-state index is 0.654. The third-order valence-electron chi connectivity index (χ3n) is 2.93. The molecular formula is C15H14N4. The second-order valence-corrected chi connectivity index (χ2v) is 4.40. The highest BCUT2D eigenvalue weighted by molar-refractivity contribution is 5.91. The Morgan fingerprint density at radius 3 is 2.84 bits per heavy atom. The molecule has 0 radical (unpaired) electrons. The van der Waals surface area contributed by atoms with Crippen molar-refractivity contribution >= 4 is 16.6 Å². The number of pyridine rings is 1. The van der Waals surface area contributed by atoms with Gasteiger partial charge in [-0.15, -0.1) is 0 Å². The SMILES string of the molecule is Cc1cc(NCc2cccnn2)c2ccccc2n1. The Morgan fingerprint density at radius 2 is 2.00 bits per heavy atom. The molecular weight excluding hydrogens is 236 g/mol. The zero-order valence-corrected chi connectivity index (χ0v) is 10.7. The maximum absolute atomic E-state index is 4.52. The number of nitrogens with one attached hydrogen (secondary N) is 1. The van der Waals surface area contributed by atoms with Crippen LogP contribution in [0.4, 0.5) is 5.69 Å². The van der Waals surface area contributed by atoms with E-state index in [1.54, 1.807) is 6.20 Å². The van der Waals surface area contributed by atoms with Crippen molar-refractivity contribution in [3.05, 3.63) is 60.0 Å². The first-order chi connectivity index (χ1) is 9.33. The number of benzene rings is 1. The molecule has 0 saturated carbocycles. The third-order valence-corrected chi connectivity index (χ3v) is 2.93. The van der Waals surface area contributed by atoms with Crippen LogP contribution >= 0.6 is 0 Å². The monoisotopic (exact) mass is 250 g/mol. The zero-order chi connectivity index (χ0) is 13.1. The standard InChI is InChI=1S/C15H14N4/c1-11-9-15(13-6-2-3-7-14(13)18-11)16-10-12-5-4-8-17-19-12/h2-9H,10H2,1H3,(H,16,18). The summed E-state index contributed by atoms with van der Waals surface area (Å²) < 4.78 is 0. The predicted molar refractivity (Wildman–Crippen MR) is 75.8 cm³/mol. The largest absolute Gasteiger partial charge is 0.379 e. The highest BCUT2D eigenvalue weighted by atomic mass is 15.1. The fourth-order valence-corrected chi connectivity index (χ4v) is 2.07. The Labute approximate surface area is 111 Å². The lowest BCUT2D eigenvalue weighted by Crippen LogP contribution is -2.03. The van der Waals surface area contributed by atoms with Gasteiger partial charge in [-0.25, -0.2) is 0 Å². The van der Waals surface area contributed by atoms with Crippen LogP contribution in [-0.4, -0.2) is 15.2 Å². The van der Waals surface area contributed by atoms with E-state index in [0.29, 0.717) is 6.54 Å². The predicted octanol–water partition coefficient (Wildman–Crippen LogP) is 2.95. The van der Waals surface area contributed by atoms with Crippen LogP contribution in [0.1, 0.15) is 11.4 Å². The Bertz CT molecular complexity index is 695. The molecule has 94 valence electrons. The van der Waals surface area contributed by atoms with Gasteiger partial charge in [0.05, 0.1) is 17.8 Å². The van der Waals surface area contributed by atoms with Crippen LogP contribution in [0.2, 0.25) is 0 Å². The molecule has 0 bridgehead atoms. The summed E-state index contributed by atoms with van der Waals surface area (Å²) in [7, 11) is 0. The van der Waals surface area contributed by atoms with E-state index in [1.165, 1.54) is 0 Å². The summed E-state index contributed by atoms with van der Waals surface area (Å²) in [5.74, 6) is 0. The molecule has 0 fully saturated rings. The van der Waals surface area contributed by atoms with Crippen LogP contribution in [-0.2, 0) is 6.54 Å². The van der Waals surface area contributed by atoms with E-state index in [9.17, 15) is 0 Å². The summed E-state index contributed by atoms with van der Waals surface area (Å²) >= 11 is 0. The van der Waals surface area contributed by atoms with Crippen LogP contribution in [0.5, 0.6) is 0 Å². The fraction of sp³-hybridized carbons (Fsp3) is 0.133. The molecule has 0 spiro atoms. The summed E-state index contributed by atoms with van der Waals surface area (Å²) in [6, 6.07) is 14.0. The molecule has 1 aromatic carbocycles. The van der Waals surface area contributed by atoms with Gasteiger partial charge in [-0.3, -0.25) is 4.98 Å². The van der Waals surface area contributed by atoms with Crippen molar-refractivity contribution in [2.45, 2.75) is 13.5 Å². The van der Waals surface area contributed by atoms with Crippen molar-refractivity contribution < 1.29 is 0 Å². The van der Waals surface area contributed by atoms with E-state index in [4.69, 9.17) is 0 Å². The number of rotatable bonds is 3. The molecule has 4 nitrogen and oxygen atoms in total.